The Morgan fingerprint density at radius 3 is 3.00 bits per heavy atom. The molecule has 0 unspecified atom stereocenters. The maximum atomic E-state index is 5.02. The summed E-state index contributed by atoms with van der Waals surface area (Å²) in [6.07, 6.45) is 6.58. The minimum absolute atomic E-state index is 0.663. The van der Waals surface area contributed by atoms with Crippen molar-refractivity contribution in [3.63, 3.8) is 0 Å². The first-order valence-electron chi connectivity index (χ1n) is 6.52. The maximum absolute atomic E-state index is 5.02. The average Bonchev–Trinajstić information content (AvgIpc) is 2.87. The van der Waals surface area contributed by atoms with Crippen LogP contribution in [0.2, 0.25) is 0 Å². The van der Waals surface area contributed by atoms with Gasteiger partial charge in [0.25, 0.3) is 0 Å². The van der Waals surface area contributed by atoms with E-state index in [1.54, 1.807) is 13.3 Å². The molecule has 0 fully saturated rings. The van der Waals surface area contributed by atoms with E-state index in [0.717, 1.165) is 31.2 Å². The van der Waals surface area contributed by atoms with Crippen LogP contribution in [-0.4, -0.2) is 34.8 Å². The van der Waals surface area contributed by atoms with Crippen molar-refractivity contribution < 1.29 is 4.74 Å². The number of ether oxygens (including phenoxy) is 1. The quantitative estimate of drug-likeness (QED) is 0.773. The first-order chi connectivity index (χ1) is 9.35. The highest BCUT2D eigenvalue weighted by Crippen LogP contribution is 2.11. The summed E-state index contributed by atoms with van der Waals surface area (Å²) >= 11 is 0. The zero-order valence-corrected chi connectivity index (χ0v) is 11.5. The number of pyridine rings is 1. The van der Waals surface area contributed by atoms with Gasteiger partial charge in [-0.25, -0.2) is 4.98 Å². The van der Waals surface area contributed by atoms with E-state index in [9.17, 15) is 0 Å². The Morgan fingerprint density at radius 1 is 1.32 bits per heavy atom. The molecule has 0 aliphatic carbocycles. The predicted molar refractivity (Wildman–Crippen MR) is 75.3 cm³/mol. The molecule has 2 rings (SSSR count). The lowest BCUT2D eigenvalue weighted by Gasteiger charge is -2.11. The Morgan fingerprint density at radius 2 is 2.21 bits per heavy atom. The molecular formula is C14H20N4O. The van der Waals surface area contributed by atoms with Gasteiger partial charge < -0.3 is 14.6 Å². The summed E-state index contributed by atoms with van der Waals surface area (Å²) in [6, 6.07) is 4.10. The van der Waals surface area contributed by atoms with Crippen molar-refractivity contribution >= 4 is 5.95 Å². The van der Waals surface area contributed by atoms with Crippen molar-refractivity contribution in [3.05, 3.63) is 42.0 Å². The van der Waals surface area contributed by atoms with Crippen molar-refractivity contribution in [2.24, 2.45) is 0 Å². The van der Waals surface area contributed by atoms with E-state index in [2.05, 4.69) is 32.8 Å². The maximum Gasteiger partial charge on any atom is 0.203 e. The fraction of sp³-hybridized carbons (Fsp3) is 0.429. The molecule has 0 saturated heterocycles. The van der Waals surface area contributed by atoms with Crippen molar-refractivity contribution in [1.82, 2.24) is 14.5 Å². The summed E-state index contributed by atoms with van der Waals surface area (Å²) in [7, 11) is 1.69. The number of aromatic nitrogens is 3. The Hall–Kier alpha value is -1.88. The third-order valence-corrected chi connectivity index (χ3v) is 2.99. The number of imidazole rings is 1. The van der Waals surface area contributed by atoms with Gasteiger partial charge in [-0.15, -0.1) is 0 Å². The van der Waals surface area contributed by atoms with Crippen molar-refractivity contribution in [1.29, 1.82) is 0 Å². The highest BCUT2D eigenvalue weighted by Gasteiger charge is 2.06. The second-order valence-corrected chi connectivity index (χ2v) is 4.26. The van der Waals surface area contributed by atoms with Gasteiger partial charge in [-0.05, 0) is 18.1 Å². The topological polar surface area (TPSA) is 52.0 Å². The van der Waals surface area contributed by atoms with Gasteiger partial charge in [0, 0.05) is 32.2 Å². The SMILES string of the molecule is CCc1cccnc1Cn1ccnc1NCCOC. The standard InChI is InChI=1S/C14H20N4O/c1-3-12-5-4-6-15-13(12)11-18-9-7-16-14(18)17-8-10-19-2/h4-7,9H,3,8,10-11H2,1-2H3,(H,16,17). The Labute approximate surface area is 113 Å². The van der Waals surface area contributed by atoms with E-state index in [4.69, 9.17) is 4.74 Å². The number of rotatable bonds is 7. The van der Waals surface area contributed by atoms with Crippen LogP contribution in [0.1, 0.15) is 18.2 Å². The summed E-state index contributed by atoms with van der Waals surface area (Å²) in [6.45, 7) is 4.29. The summed E-state index contributed by atoms with van der Waals surface area (Å²) in [5, 5.41) is 3.25. The molecule has 0 bridgehead atoms. The van der Waals surface area contributed by atoms with Crippen LogP contribution in [-0.2, 0) is 17.7 Å². The number of nitrogens with zero attached hydrogens (tertiary/aromatic N) is 3. The Bertz CT molecular complexity index is 510. The van der Waals surface area contributed by atoms with Crippen molar-refractivity contribution in [2.75, 3.05) is 25.6 Å². The van der Waals surface area contributed by atoms with E-state index in [-0.39, 0.29) is 0 Å². The molecule has 0 saturated carbocycles. The molecule has 0 amide bonds. The van der Waals surface area contributed by atoms with Gasteiger partial charge in [-0.3, -0.25) is 4.98 Å². The van der Waals surface area contributed by atoms with Crippen LogP contribution in [0.15, 0.2) is 30.7 Å². The van der Waals surface area contributed by atoms with Gasteiger partial charge >= 0.3 is 0 Å². The normalized spacial score (nSPS) is 10.6. The Balaban J connectivity index is 2.08. The zero-order valence-electron chi connectivity index (χ0n) is 11.5. The lowest BCUT2D eigenvalue weighted by molar-refractivity contribution is 0.210. The molecule has 0 aliphatic heterocycles. The number of hydrogen-bond donors (Lipinski definition) is 1. The molecule has 1 N–H and O–H groups in total. The van der Waals surface area contributed by atoms with E-state index >= 15 is 0 Å². The molecule has 5 nitrogen and oxygen atoms in total. The third-order valence-electron chi connectivity index (χ3n) is 2.99. The number of methoxy groups -OCH3 is 1. The molecule has 102 valence electrons. The van der Waals surface area contributed by atoms with Crippen LogP contribution < -0.4 is 5.32 Å². The van der Waals surface area contributed by atoms with Crippen LogP contribution in [0.3, 0.4) is 0 Å². The van der Waals surface area contributed by atoms with Gasteiger partial charge in [0.1, 0.15) is 0 Å². The minimum atomic E-state index is 0.663. The van der Waals surface area contributed by atoms with E-state index in [1.165, 1.54) is 5.56 Å². The Kier molecular flexibility index (Phi) is 4.92. The molecule has 0 radical (unpaired) electrons. The summed E-state index contributed by atoms with van der Waals surface area (Å²) in [4.78, 5) is 8.77. The fourth-order valence-electron chi connectivity index (χ4n) is 1.97. The lowest BCUT2D eigenvalue weighted by Crippen LogP contribution is -2.13. The fourth-order valence-corrected chi connectivity index (χ4v) is 1.97. The van der Waals surface area contributed by atoms with Gasteiger partial charge in [-0.2, -0.15) is 0 Å². The molecule has 0 aliphatic rings. The highest BCUT2D eigenvalue weighted by molar-refractivity contribution is 5.28. The second kappa shape index (κ2) is 6.89. The van der Waals surface area contributed by atoms with Gasteiger partial charge in [0.2, 0.25) is 5.95 Å². The van der Waals surface area contributed by atoms with Crippen molar-refractivity contribution in [3.8, 4) is 0 Å². The summed E-state index contributed by atoms with van der Waals surface area (Å²) in [5.41, 5.74) is 2.37. The molecule has 2 aromatic heterocycles. The minimum Gasteiger partial charge on any atom is -0.383 e. The van der Waals surface area contributed by atoms with Gasteiger partial charge in [0.05, 0.1) is 18.8 Å². The number of nitrogens with one attached hydrogen (secondary N) is 1. The number of hydrogen-bond acceptors (Lipinski definition) is 4. The van der Waals surface area contributed by atoms with Gasteiger partial charge in [0.15, 0.2) is 0 Å². The monoisotopic (exact) mass is 260 g/mol. The molecule has 19 heavy (non-hydrogen) atoms. The van der Waals surface area contributed by atoms with Crippen LogP contribution in [0.4, 0.5) is 5.95 Å². The molecule has 0 aromatic carbocycles. The van der Waals surface area contributed by atoms with E-state index < -0.39 is 0 Å². The molecule has 0 spiro atoms. The molecule has 0 atom stereocenters. The van der Waals surface area contributed by atoms with Crippen LogP contribution in [0.5, 0.6) is 0 Å². The molecule has 2 heterocycles. The van der Waals surface area contributed by atoms with Crippen molar-refractivity contribution in [2.45, 2.75) is 19.9 Å². The van der Waals surface area contributed by atoms with Crippen LogP contribution in [0.25, 0.3) is 0 Å². The second-order valence-electron chi connectivity index (χ2n) is 4.26. The van der Waals surface area contributed by atoms with Gasteiger partial charge in [-0.1, -0.05) is 13.0 Å². The first-order valence-corrected chi connectivity index (χ1v) is 6.52. The first kappa shape index (κ1) is 13.5. The average molecular weight is 260 g/mol. The molecule has 2 aromatic rings. The predicted octanol–water partition coefficient (Wildman–Crippen LogP) is 1.95. The van der Waals surface area contributed by atoms with Crippen LogP contribution in [0, 0.1) is 0 Å². The van der Waals surface area contributed by atoms with Crippen LogP contribution >= 0.6 is 0 Å². The smallest absolute Gasteiger partial charge is 0.203 e. The van der Waals surface area contributed by atoms with E-state index in [1.807, 2.05) is 18.5 Å². The third kappa shape index (κ3) is 3.54. The summed E-state index contributed by atoms with van der Waals surface area (Å²) in [5.74, 6) is 0.852. The number of anilines is 1. The largest absolute Gasteiger partial charge is 0.383 e. The highest BCUT2D eigenvalue weighted by atomic mass is 16.5. The number of aryl methyl sites for hydroxylation is 1. The van der Waals surface area contributed by atoms with E-state index in [0.29, 0.717) is 6.61 Å². The lowest BCUT2D eigenvalue weighted by atomic mass is 10.1. The molecular weight excluding hydrogens is 240 g/mol. The molecule has 5 heteroatoms. The summed E-state index contributed by atoms with van der Waals surface area (Å²) < 4.78 is 7.09. The zero-order chi connectivity index (χ0) is 13.5.